The van der Waals surface area contributed by atoms with E-state index in [1.165, 1.54) is 12.0 Å². The number of benzene rings is 1. The fourth-order valence-electron chi connectivity index (χ4n) is 5.68. The van der Waals surface area contributed by atoms with Crippen LogP contribution in [0.3, 0.4) is 0 Å². The summed E-state index contributed by atoms with van der Waals surface area (Å²) in [5.74, 6) is 2.45. The summed E-state index contributed by atoms with van der Waals surface area (Å²) in [5, 5.41) is 0. The molecule has 2 saturated heterocycles. The zero-order chi connectivity index (χ0) is 27.9. The van der Waals surface area contributed by atoms with E-state index in [-0.39, 0.29) is 18.2 Å². The van der Waals surface area contributed by atoms with Crippen LogP contribution in [0.15, 0.2) is 36.4 Å². The number of aromatic nitrogens is 1. The van der Waals surface area contributed by atoms with Crippen LogP contribution >= 0.6 is 0 Å². The summed E-state index contributed by atoms with van der Waals surface area (Å²) in [4.78, 5) is 36.0. The van der Waals surface area contributed by atoms with Gasteiger partial charge in [-0.15, -0.1) is 0 Å². The van der Waals surface area contributed by atoms with Crippen molar-refractivity contribution in [2.45, 2.75) is 38.5 Å². The van der Waals surface area contributed by atoms with E-state index in [1.807, 2.05) is 42.2 Å². The summed E-state index contributed by atoms with van der Waals surface area (Å²) in [5.41, 5.74) is 1.28. The summed E-state index contributed by atoms with van der Waals surface area (Å²) in [6.45, 7) is 5.21. The molecule has 1 atom stereocenters. The van der Waals surface area contributed by atoms with Crippen molar-refractivity contribution in [1.29, 1.82) is 0 Å². The normalized spacial score (nSPS) is 16.9. The number of alkyl halides is 1. The van der Waals surface area contributed by atoms with Crippen LogP contribution in [0.1, 0.15) is 54.4 Å². The van der Waals surface area contributed by atoms with Crippen LogP contribution in [-0.4, -0.2) is 87.3 Å². The molecule has 0 saturated carbocycles. The minimum absolute atomic E-state index is 0.0192. The minimum atomic E-state index is -0.528. The van der Waals surface area contributed by atoms with Crippen LogP contribution in [0.25, 0.3) is 0 Å². The number of carbonyl (C=O) groups is 2. The highest BCUT2D eigenvalue weighted by molar-refractivity contribution is 5.96. The maximum atomic E-state index is 13.4. The molecule has 0 spiro atoms. The van der Waals surface area contributed by atoms with Gasteiger partial charge in [-0.2, -0.15) is 4.98 Å². The number of piperidine rings is 1. The van der Waals surface area contributed by atoms with Gasteiger partial charge in [0.15, 0.2) is 0 Å². The molecule has 0 radical (unpaired) electrons. The standard InChI is InChI=1S/C30H41FN4O4/c1-5-39-24-8-6-7-23(18-24)25(11-14-31)30(37)34-15-12-21(13-16-34)17-22-19-35(20-22)27-10-9-26(28(32-27)38-4)29(36)33(2)3/h6-10,18,21-22,25H,5,11-17,19-20H2,1-4H3. The highest BCUT2D eigenvalue weighted by Crippen LogP contribution is 2.34. The number of hydrogen-bond donors (Lipinski definition) is 0. The van der Waals surface area contributed by atoms with Gasteiger partial charge in [0.25, 0.3) is 5.91 Å². The Hall–Kier alpha value is -3.36. The predicted octanol–water partition coefficient (Wildman–Crippen LogP) is 4.40. The summed E-state index contributed by atoms with van der Waals surface area (Å²) in [7, 11) is 4.95. The molecule has 2 aromatic rings. The summed E-state index contributed by atoms with van der Waals surface area (Å²) in [6.07, 6.45) is 3.25. The number of anilines is 1. The maximum absolute atomic E-state index is 13.4. The maximum Gasteiger partial charge on any atom is 0.258 e. The van der Waals surface area contributed by atoms with E-state index in [9.17, 15) is 14.0 Å². The number of pyridine rings is 1. The smallest absolute Gasteiger partial charge is 0.258 e. The highest BCUT2D eigenvalue weighted by Gasteiger charge is 2.34. The molecule has 39 heavy (non-hydrogen) atoms. The Kier molecular flexibility index (Phi) is 9.64. The lowest BCUT2D eigenvalue weighted by Gasteiger charge is -2.43. The van der Waals surface area contributed by atoms with Gasteiger partial charge in [-0.05, 0) is 74.3 Å². The van der Waals surface area contributed by atoms with Crippen molar-refractivity contribution < 1.29 is 23.5 Å². The molecule has 0 aliphatic carbocycles. The fourth-order valence-corrected chi connectivity index (χ4v) is 5.68. The molecule has 2 fully saturated rings. The molecule has 2 aliphatic heterocycles. The van der Waals surface area contributed by atoms with Crippen molar-refractivity contribution in [3.8, 4) is 11.6 Å². The zero-order valence-corrected chi connectivity index (χ0v) is 23.6. The van der Waals surface area contributed by atoms with Crippen molar-refractivity contribution in [3.63, 3.8) is 0 Å². The average molecular weight is 541 g/mol. The number of likely N-dealkylation sites (tertiary alicyclic amines) is 1. The van der Waals surface area contributed by atoms with Gasteiger partial charge < -0.3 is 24.2 Å². The molecule has 2 amide bonds. The minimum Gasteiger partial charge on any atom is -0.494 e. The first-order valence-electron chi connectivity index (χ1n) is 13.9. The Morgan fingerprint density at radius 2 is 1.87 bits per heavy atom. The number of amides is 2. The van der Waals surface area contributed by atoms with Gasteiger partial charge in [-0.3, -0.25) is 14.0 Å². The number of halogens is 1. The van der Waals surface area contributed by atoms with E-state index < -0.39 is 12.6 Å². The molecule has 9 heteroatoms. The molecular formula is C30H41FN4O4. The first-order valence-corrected chi connectivity index (χ1v) is 13.9. The number of nitrogens with zero attached hydrogens (tertiary/aromatic N) is 4. The number of rotatable bonds is 11. The van der Waals surface area contributed by atoms with Crippen molar-refractivity contribution in [3.05, 3.63) is 47.5 Å². The average Bonchev–Trinajstić information content (AvgIpc) is 2.93. The van der Waals surface area contributed by atoms with Gasteiger partial charge in [0.1, 0.15) is 17.1 Å². The van der Waals surface area contributed by atoms with Crippen LogP contribution in [0.5, 0.6) is 11.6 Å². The molecule has 212 valence electrons. The quantitative estimate of drug-likeness (QED) is 0.421. The monoisotopic (exact) mass is 540 g/mol. The lowest BCUT2D eigenvalue weighted by Crippen LogP contribution is -2.49. The van der Waals surface area contributed by atoms with E-state index in [0.29, 0.717) is 48.7 Å². The number of hydrogen-bond acceptors (Lipinski definition) is 6. The first-order chi connectivity index (χ1) is 18.8. The van der Waals surface area contributed by atoms with Gasteiger partial charge in [0.2, 0.25) is 11.8 Å². The van der Waals surface area contributed by atoms with Crippen molar-refractivity contribution in [1.82, 2.24) is 14.8 Å². The van der Waals surface area contributed by atoms with E-state index in [1.54, 1.807) is 20.2 Å². The van der Waals surface area contributed by atoms with Crippen molar-refractivity contribution in [2.75, 3.05) is 65.6 Å². The molecule has 0 N–H and O–H groups in total. The van der Waals surface area contributed by atoms with Crippen molar-refractivity contribution >= 4 is 17.6 Å². The van der Waals surface area contributed by atoms with Gasteiger partial charge in [0, 0.05) is 40.3 Å². The largest absolute Gasteiger partial charge is 0.494 e. The van der Waals surface area contributed by atoms with Crippen molar-refractivity contribution in [2.24, 2.45) is 11.8 Å². The van der Waals surface area contributed by atoms with E-state index in [0.717, 1.165) is 43.7 Å². The Morgan fingerprint density at radius 3 is 2.51 bits per heavy atom. The fraction of sp³-hybridized carbons (Fsp3) is 0.567. The Balaban J connectivity index is 1.27. The SMILES string of the molecule is CCOc1cccc(C(CCF)C(=O)N2CCC(CC3CN(c4ccc(C(=O)N(C)C)c(OC)n4)C3)CC2)c1. The number of ether oxygens (including phenoxy) is 2. The summed E-state index contributed by atoms with van der Waals surface area (Å²) in [6, 6.07) is 11.2. The summed E-state index contributed by atoms with van der Waals surface area (Å²) < 4.78 is 24.4. The molecule has 1 unspecified atom stereocenters. The molecule has 1 aromatic heterocycles. The highest BCUT2D eigenvalue weighted by atomic mass is 19.1. The molecule has 0 bridgehead atoms. The van der Waals surface area contributed by atoms with Crippen LogP contribution in [-0.2, 0) is 4.79 Å². The van der Waals surface area contributed by atoms with E-state index in [4.69, 9.17) is 9.47 Å². The van der Waals surface area contributed by atoms with Gasteiger partial charge >= 0.3 is 0 Å². The second-order valence-electron chi connectivity index (χ2n) is 10.7. The van der Waals surface area contributed by atoms with Gasteiger partial charge in [-0.1, -0.05) is 12.1 Å². The number of methoxy groups -OCH3 is 1. The number of carbonyl (C=O) groups excluding carboxylic acids is 2. The lowest BCUT2D eigenvalue weighted by molar-refractivity contribution is -0.134. The molecule has 4 rings (SSSR count). The van der Waals surface area contributed by atoms with Gasteiger partial charge in [-0.25, -0.2) is 0 Å². The molecule has 8 nitrogen and oxygen atoms in total. The topological polar surface area (TPSA) is 75.2 Å². The third-order valence-electron chi connectivity index (χ3n) is 7.82. The van der Waals surface area contributed by atoms with Gasteiger partial charge in [0.05, 0.1) is 26.3 Å². The Morgan fingerprint density at radius 1 is 1.13 bits per heavy atom. The van der Waals surface area contributed by atoms with Crippen LogP contribution in [0.2, 0.25) is 0 Å². The second kappa shape index (κ2) is 13.1. The lowest BCUT2D eigenvalue weighted by atomic mass is 9.83. The summed E-state index contributed by atoms with van der Waals surface area (Å²) >= 11 is 0. The van der Waals surface area contributed by atoms with Crippen LogP contribution < -0.4 is 14.4 Å². The zero-order valence-electron chi connectivity index (χ0n) is 23.6. The first kappa shape index (κ1) is 28.6. The molecule has 2 aliphatic rings. The molecular weight excluding hydrogens is 499 g/mol. The Bertz CT molecular complexity index is 1130. The predicted molar refractivity (Wildman–Crippen MR) is 149 cm³/mol. The van der Waals surface area contributed by atoms with Crippen LogP contribution in [0.4, 0.5) is 10.2 Å². The third kappa shape index (κ3) is 6.81. The second-order valence-corrected chi connectivity index (χ2v) is 10.7. The van der Waals surface area contributed by atoms with Crippen LogP contribution in [0, 0.1) is 11.8 Å². The molecule has 1 aromatic carbocycles. The van der Waals surface area contributed by atoms with E-state index in [2.05, 4.69) is 9.88 Å². The third-order valence-corrected chi connectivity index (χ3v) is 7.82. The Labute approximate surface area is 231 Å². The molecule has 3 heterocycles. The van der Waals surface area contributed by atoms with E-state index >= 15 is 0 Å².